The summed E-state index contributed by atoms with van der Waals surface area (Å²) in [5.74, 6) is -2.83. The fourth-order valence-electron chi connectivity index (χ4n) is 3.98. The molecule has 0 spiro atoms. The van der Waals surface area contributed by atoms with Crippen molar-refractivity contribution in [1.82, 2.24) is 10.3 Å². The van der Waals surface area contributed by atoms with Gasteiger partial charge in [0.05, 0.1) is 14.2 Å². The maximum atomic E-state index is 13.9. The number of carbonyl (C=O) groups excluding carboxylic acids is 3. The van der Waals surface area contributed by atoms with Crippen molar-refractivity contribution < 1.29 is 37.7 Å². The Bertz CT molecular complexity index is 1300. The topological polar surface area (TPSA) is 113 Å². The summed E-state index contributed by atoms with van der Waals surface area (Å²) >= 11 is 0. The molecule has 200 valence electrons. The number of pyridine rings is 1. The Morgan fingerprint density at radius 3 is 2.26 bits per heavy atom. The molecule has 0 bridgehead atoms. The Kier molecular flexibility index (Phi) is 9.37. The second kappa shape index (κ2) is 12.7. The highest BCUT2D eigenvalue weighted by molar-refractivity contribution is 5.98. The molecular weight excluding hydrogens is 495 g/mol. The molecule has 9 nitrogen and oxygen atoms in total. The SMILES string of the molecule is COc1cc(F)ccc1[C@@H](c1ccccc1)[C@H](C)OC(=O)[C@H](C)NC(=O)c1nccc(OC)c1OC(C)=O. The number of methoxy groups -OCH3 is 2. The minimum absolute atomic E-state index is 0.128. The molecule has 0 saturated carbocycles. The maximum absolute atomic E-state index is 13.9. The van der Waals surface area contributed by atoms with Crippen molar-refractivity contribution in [3.05, 3.63) is 83.4 Å². The number of esters is 2. The Morgan fingerprint density at radius 2 is 1.63 bits per heavy atom. The molecule has 0 saturated heterocycles. The zero-order valence-corrected chi connectivity index (χ0v) is 21.7. The van der Waals surface area contributed by atoms with Crippen molar-refractivity contribution in [3.8, 4) is 17.2 Å². The molecule has 1 N–H and O–H groups in total. The summed E-state index contributed by atoms with van der Waals surface area (Å²) in [4.78, 5) is 41.5. The molecule has 2 aromatic carbocycles. The molecule has 0 aliphatic rings. The summed E-state index contributed by atoms with van der Waals surface area (Å²) in [7, 11) is 2.79. The lowest BCUT2D eigenvalue weighted by atomic mass is 9.86. The smallest absolute Gasteiger partial charge is 0.328 e. The van der Waals surface area contributed by atoms with Crippen molar-refractivity contribution >= 4 is 17.8 Å². The van der Waals surface area contributed by atoms with Gasteiger partial charge < -0.3 is 24.3 Å². The van der Waals surface area contributed by atoms with Crippen LogP contribution in [0.5, 0.6) is 17.2 Å². The van der Waals surface area contributed by atoms with Gasteiger partial charge in [0, 0.05) is 36.7 Å². The monoisotopic (exact) mass is 524 g/mol. The van der Waals surface area contributed by atoms with Crippen molar-refractivity contribution in [1.29, 1.82) is 0 Å². The first kappa shape index (κ1) is 28.1. The molecule has 1 aromatic heterocycles. The van der Waals surface area contributed by atoms with E-state index in [4.69, 9.17) is 18.9 Å². The number of aromatic nitrogens is 1. The van der Waals surface area contributed by atoms with Crippen LogP contribution in [0.2, 0.25) is 0 Å². The molecule has 3 atom stereocenters. The van der Waals surface area contributed by atoms with Crippen LogP contribution in [0.15, 0.2) is 60.8 Å². The van der Waals surface area contributed by atoms with Gasteiger partial charge >= 0.3 is 11.9 Å². The quantitative estimate of drug-likeness (QED) is 0.396. The molecule has 1 amide bonds. The number of nitrogens with zero attached hydrogens (tertiary/aromatic N) is 1. The van der Waals surface area contributed by atoms with Gasteiger partial charge in [0.2, 0.25) is 5.75 Å². The Balaban J connectivity index is 1.82. The van der Waals surface area contributed by atoms with Crippen LogP contribution in [0.4, 0.5) is 4.39 Å². The number of ether oxygens (including phenoxy) is 4. The minimum atomic E-state index is -1.09. The van der Waals surface area contributed by atoms with E-state index in [0.717, 1.165) is 5.56 Å². The number of halogens is 1. The predicted octanol–water partition coefficient (Wildman–Crippen LogP) is 4.05. The zero-order valence-electron chi connectivity index (χ0n) is 21.7. The van der Waals surface area contributed by atoms with Gasteiger partial charge in [-0.25, -0.2) is 14.2 Å². The molecule has 0 radical (unpaired) electrons. The highest BCUT2D eigenvalue weighted by atomic mass is 19.1. The third-order valence-electron chi connectivity index (χ3n) is 5.71. The number of hydrogen-bond donors (Lipinski definition) is 1. The Morgan fingerprint density at radius 1 is 0.947 bits per heavy atom. The summed E-state index contributed by atoms with van der Waals surface area (Å²) in [6, 6.07) is 13.8. The van der Waals surface area contributed by atoms with Crippen LogP contribution < -0.4 is 19.5 Å². The van der Waals surface area contributed by atoms with E-state index in [1.807, 2.05) is 30.3 Å². The molecular formula is C28H29FN2O7. The van der Waals surface area contributed by atoms with Gasteiger partial charge in [-0.05, 0) is 25.5 Å². The van der Waals surface area contributed by atoms with Gasteiger partial charge in [0.25, 0.3) is 5.91 Å². The largest absolute Gasteiger partial charge is 0.496 e. The fraction of sp³-hybridized carbons (Fsp3) is 0.286. The Hall–Kier alpha value is -4.47. The van der Waals surface area contributed by atoms with Crippen LogP contribution in [0.1, 0.15) is 48.3 Å². The first-order valence-corrected chi connectivity index (χ1v) is 11.8. The summed E-state index contributed by atoms with van der Waals surface area (Å²) in [5.41, 5.74) is 1.22. The average Bonchev–Trinajstić information content (AvgIpc) is 2.89. The van der Waals surface area contributed by atoms with E-state index in [1.165, 1.54) is 52.5 Å². The lowest BCUT2D eigenvalue weighted by Crippen LogP contribution is -2.41. The molecule has 1 heterocycles. The van der Waals surface area contributed by atoms with Crippen LogP contribution in [0, 0.1) is 5.82 Å². The average molecular weight is 525 g/mol. The molecule has 3 aromatic rings. The second-order valence-electron chi connectivity index (χ2n) is 8.40. The normalized spacial score (nSPS) is 13.0. The predicted molar refractivity (Wildman–Crippen MR) is 136 cm³/mol. The van der Waals surface area contributed by atoms with Crippen LogP contribution in [0.3, 0.4) is 0 Å². The Labute approximate surface area is 219 Å². The van der Waals surface area contributed by atoms with E-state index in [-0.39, 0.29) is 17.2 Å². The molecule has 0 aliphatic carbocycles. The van der Waals surface area contributed by atoms with E-state index in [9.17, 15) is 18.8 Å². The lowest BCUT2D eigenvalue weighted by Gasteiger charge is -2.27. The molecule has 0 unspecified atom stereocenters. The van der Waals surface area contributed by atoms with Crippen LogP contribution in [0.25, 0.3) is 0 Å². The summed E-state index contributed by atoms with van der Waals surface area (Å²) in [6.45, 7) is 4.33. The van der Waals surface area contributed by atoms with Gasteiger partial charge in [-0.3, -0.25) is 9.59 Å². The van der Waals surface area contributed by atoms with E-state index in [0.29, 0.717) is 11.3 Å². The third kappa shape index (κ3) is 6.64. The number of amides is 1. The first-order valence-electron chi connectivity index (χ1n) is 11.8. The number of carbonyl (C=O) groups is 3. The number of benzene rings is 2. The maximum Gasteiger partial charge on any atom is 0.328 e. The third-order valence-corrected chi connectivity index (χ3v) is 5.71. The summed E-state index contributed by atoms with van der Waals surface area (Å²) in [6.07, 6.45) is 0.585. The molecule has 38 heavy (non-hydrogen) atoms. The molecule has 0 fully saturated rings. The van der Waals surface area contributed by atoms with E-state index >= 15 is 0 Å². The molecule has 0 aliphatic heterocycles. The van der Waals surface area contributed by atoms with E-state index < -0.39 is 41.7 Å². The fourth-order valence-corrected chi connectivity index (χ4v) is 3.98. The van der Waals surface area contributed by atoms with Crippen LogP contribution in [-0.2, 0) is 14.3 Å². The highest BCUT2D eigenvalue weighted by Gasteiger charge is 2.30. The highest BCUT2D eigenvalue weighted by Crippen LogP contribution is 2.36. The minimum Gasteiger partial charge on any atom is -0.496 e. The van der Waals surface area contributed by atoms with Crippen LogP contribution in [-0.4, -0.2) is 49.2 Å². The second-order valence-corrected chi connectivity index (χ2v) is 8.40. The molecule has 10 heteroatoms. The van der Waals surface area contributed by atoms with E-state index in [1.54, 1.807) is 13.0 Å². The number of nitrogens with one attached hydrogen (secondary N) is 1. The van der Waals surface area contributed by atoms with Crippen molar-refractivity contribution in [2.24, 2.45) is 0 Å². The van der Waals surface area contributed by atoms with Gasteiger partial charge in [0.1, 0.15) is 23.7 Å². The van der Waals surface area contributed by atoms with Crippen molar-refractivity contribution in [3.63, 3.8) is 0 Å². The van der Waals surface area contributed by atoms with Gasteiger partial charge in [-0.15, -0.1) is 0 Å². The standard InChI is InChI=1S/C28H29FN2O7/c1-16(31-27(33)25-26(38-18(3)32)22(35-4)13-14-30-25)28(34)37-17(2)24(19-9-7-6-8-10-19)21-12-11-20(29)15-23(21)36-5/h6-17,24H,1-5H3,(H,31,33)/t16-,17-,24+/m0/s1. The molecule has 3 rings (SSSR count). The van der Waals surface area contributed by atoms with Crippen LogP contribution >= 0.6 is 0 Å². The zero-order chi connectivity index (χ0) is 27.8. The number of hydrogen-bond acceptors (Lipinski definition) is 8. The first-order chi connectivity index (χ1) is 18.2. The van der Waals surface area contributed by atoms with Gasteiger partial charge in [-0.2, -0.15) is 0 Å². The van der Waals surface area contributed by atoms with Gasteiger partial charge in [0.15, 0.2) is 11.4 Å². The van der Waals surface area contributed by atoms with Crippen molar-refractivity contribution in [2.45, 2.75) is 38.8 Å². The summed E-state index contributed by atoms with van der Waals surface area (Å²) < 4.78 is 35.3. The van der Waals surface area contributed by atoms with Crippen molar-refractivity contribution in [2.75, 3.05) is 14.2 Å². The van der Waals surface area contributed by atoms with Gasteiger partial charge in [-0.1, -0.05) is 36.4 Å². The summed E-state index contributed by atoms with van der Waals surface area (Å²) in [5, 5.41) is 2.52. The van der Waals surface area contributed by atoms with E-state index in [2.05, 4.69) is 10.3 Å². The lowest BCUT2D eigenvalue weighted by molar-refractivity contribution is -0.150. The number of rotatable bonds is 10.